The molecule has 0 fully saturated rings. The molecule has 27 heavy (non-hydrogen) atoms. The Morgan fingerprint density at radius 1 is 1.22 bits per heavy atom. The van der Waals surface area contributed by atoms with Crippen molar-refractivity contribution in [3.63, 3.8) is 0 Å². The van der Waals surface area contributed by atoms with Crippen molar-refractivity contribution in [2.24, 2.45) is 20.9 Å². The lowest BCUT2D eigenvalue weighted by Crippen LogP contribution is -2.33. The van der Waals surface area contributed by atoms with E-state index >= 15 is 0 Å². The molecular formula is C17H19FN8O. The highest BCUT2D eigenvalue weighted by atomic mass is 19.1. The van der Waals surface area contributed by atoms with Gasteiger partial charge in [0.25, 0.3) is 0 Å². The van der Waals surface area contributed by atoms with Gasteiger partial charge in [0.05, 0.1) is 44.1 Å². The Kier molecular flexibility index (Phi) is 6.54. The van der Waals surface area contributed by atoms with Crippen LogP contribution < -0.4 is 10.6 Å². The quantitative estimate of drug-likeness (QED) is 0.678. The number of dihydropyridines is 1. The molecule has 0 amide bonds. The first kappa shape index (κ1) is 18.6. The van der Waals surface area contributed by atoms with Gasteiger partial charge in [0.1, 0.15) is 6.10 Å². The van der Waals surface area contributed by atoms with Gasteiger partial charge in [-0.25, -0.2) is 24.3 Å². The van der Waals surface area contributed by atoms with Gasteiger partial charge in [-0.1, -0.05) is 0 Å². The Hall–Kier alpha value is -3.19. The van der Waals surface area contributed by atoms with Crippen LogP contribution in [-0.2, 0) is 4.74 Å². The molecule has 3 heterocycles. The average Bonchev–Trinajstić information content (AvgIpc) is 2.72. The second kappa shape index (κ2) is 9.49. The van der Waals surface area contributed by atoms with E-state index in [4.69, 9.17) is 10.00 Å². The van der Waals surface area contributed by atoms with Crippen molar-refractivity contribution in [1.29, 1.82) is 5.26 Å². The van der Waals surface area contributed by atoms with Gasteiger partial charge in [-0.2, -0.15) is 5.26 Å². The third-order valence-corrected chi connectivity index (χ3v) is 3.85. The smallest absolute Gasteiger partial charge is 0.222 e. The summed E-state index contributed by atoms with van der Waals surface area (Å²) in [6.45, 7) is 2.39. The van der Waals surface area contributed by atoms with Crippen LogP contribution in [0.3, 0.4) is 0 Å². The molecule has 0 saturated heterocycles. The molecule has 2 atom stereocenters. The minimum atomic E-state index is -0.475. The standard InChI is InChI=1S/C17H19FN8O/c18-14-7-23-16(24-8-14)21-3-4-22-17-25-9-15(10-26-17)27-11-12-1-2-20-6-13(12)5-19/h1-2,7-9,13,15H,3-4,6,10-11H2,(H,22,26)(H,21,23,24). The first-order valence-electron chi connectivity index (χ1n) is 8.48. The molecule has 2 N–H and O–H groups in total. The van der Waals surface area contributed by atoms with Gasteiger partial charge in [-0.15, -0.1) is 0 Å². The normalized spacial score (nSPS) is 21.2. The minimum absolute atomic E-state index is 0.222. The van der Waals surface area contributed by atoms with E-state index in [1.165, 1.54) is 0 Å². The minimum Gasteiger partial charge on any atom is -0.366 e. The van der Waals surface area contributed by atoms with E-state index in [-0.39, 0.29) is 12.0 Å². The van der Waals surface area contributed by atoms with Crippen LogP contribution in [0.2, 0.25) is 0 Å². The highest BCUT2D eigenvalue weighted by molar-refractivity contribution is 5.90. The summed E-state index contributed by atoms with van der Waals surface area (Å²) in [5, 5.41) is 15.2. The number of anilines is 1. The molecule has 2 unspecified atom stereocenters. The Balaban J connectivity index is 1.34. The molecule has 0 aliphatic carbocycles. The molecule has 1 aromatic heterocycles. The third kappa shape index (κ3) is 5.65. The predicted octanol–water partition coefficient (Wildman–Crippen LogP) is 0.593. The van der Waals surface area contributed by atoms with Crippen LogP contribution in [0.15, 0.2) is 39.0 Å². The summed E-state index contributed by atoms with van der Waals surface area (Å²) < 4.78 is 18.5. The summed E-state index contributed by atoms with van der Waals surface area (Å²) in [5.41, 5.74) is 0.919. The number of aromatic nitrogens is 2. The molecule has 0 bridgehead atoms. The molecule has 140 valence electrons. The predicted molar refractivity (Wildman–Crippen MR) is 99.6 cm³/mol. The lowest BCUT2D eigenvalue weighted by Gasteiger charge is -2.19. The van der Waals surface area contributed by atoms with E-state index in [1.54, 1.807) is 12.4 Å². The summed E-state index contributed by atoms with van der Waals surface area (Å²) in [6.07, 6.45) is 7.21. The van der Waals surface area contributed by atoms with Crippen LogP contribution >= 0.6 is 0 Å². The van der Waals surface area contributed by atoms with Crippen LogP contribution in [0.5, 0.6) is 0 Å². The zero-order valence-corrected chi connectivity index (χ0v) is 14.5. The number of nitrogens with one attached hydrogen (secondary N) is 2. The van der Waals surface area contributed by atoms with Crippen LogP contribution in [-0.4, -0.2) is 67.2 Å². The Morgan fingerprint density at radius 3 is 2.78 bits per heavy atom. The number of aliphatic imine (C=N–C) groups is 3. The highest BCUT2D eigenvalue weighted by Crippen LogP contribution is 2.15. The second-order valence-corrected chi connectivity index (χ2v) is 5.81. The van der Waals surface area contributed by atoms with E-state index in [0.29, 0.717) is 44.7 Å². The van der Waals surface area contributed by atoms with Crippen molar-refractivity contribution in [3.8, 4) is 6.07 Å². The summed E-state index contributed by atoms with van der Waals surface area (Å²) in [6, 6.07) is 2.23. The summed E-state index contributed by atoms with van der Waals surface area (Å²) in [7, 11) is 0. The number of nitriles is 1. The first-order chi connectivity index (χ1) is 13.2. The fraction of sp³-hybridized carbons (Fsp3) is 0.412. The molecular weight excluding hydrogens is 351 g/mol. The molecule has 3 rings (SSSR count). The van der Waals surface area contributed by atoms with E-state index in [0.717, 1.165) is 18.0 Å². The van der Waals surface area contributed by atoms with Crippen LogP contribution in [0, 0.1) is 23.1 Å². The van der Waals surface area contributed by atoms with Crippen molar-refractivity contribution in [2.45, 2.75) is 6.10 Å². The number of rotatable bonds is 7. The maximum atomic E-state index is 12.7. The third-order valence-electron chi connectivity index (χ3n) is 3.85. The molecule has 1 aromatic rings. The highest BCUT2D eigenvalue weighted by Gasteiger charge is 2.18. The van der Waals surface area contributed by atoms with Crippen molar-refractivity contribution in [3.05, 3.63) is 29.9 Å². The molecule has 0 spiro atoms. The van der Waals surface area contributed by atoms with E-state index in [2.05, 4.69) is 41.6 Å². The van der Waals surface area contributed by atoms with Crippen molar-refractivity contribution >= 4 is 24.3 Å². The van der Waals surface area contributed by atoms with Gasteiger partial charge in [-0.3, -0.25) is 4.99 Å². The lowest BCUT2D eigenvalue weighted by atomic mass is 9.99. The Morgan fingerprint density at radius 2 is 2.04 bits per heavy atom. The summed E-state index contributed by atoms with van der Waals surface area (Å²) in [4.78, 5) is 20.3. The SMILES string of the molecule is N#CC1CN=CC=C1COC1C=NC(NCCNc2ncc(F)cn2)=NC1. The zero-order valence-electron chi connectivity index (χ0n) is 14.5. The van der Waals surface area contributed by atoms with Crippen molar-refractivity contribution < 1.29 is 9.13 Å². The van der Waals surface area contributed by atoms with Crippen molar-refractivity contribution in [1.82, 2.24) is 15.3 Å². The zero-order chi connectivity index (χ0) is 18.9. The average molecular weight is 370 g/mol. The van der Waals surface area contributed by atoms with E-state index in [1.807, 2.05) is 6.08 Å². The number of hydrogen-bond donors (Lipinski definition) is 2. The molecule has 9 nitrogen and oxygen atoms in total. The molecule has 0 radical (unpaired) electrons. The van der Waals surface area contributed by atoms with Gasteiger partial charge in [0.2, 0.25) is 11.9 Å². The fourth-order valence-corrected chi connectivity index (χ4v) is 2.39. The topological polar surface area (TPSA) is 120 Å². The van der Waals surface area contributed by atoms with E-state index < -0.39 is 5.82 Å². The van der Waals surface area contributed by atoms with Crippen LogP contribution in [0.1, 0.15) is 0 Å². The molecule has 2 aliphatic rings. The molecule has 10 heteroatoms. The second-order valence-electron chi connectivity index (χ2n) is 5.81. The molecule has 0 aromatic carbocycles. The van der Waals surface area contributed by atoms with Gasteiger partial charge >= 0.3 is 0 Å². The van der Waals surface area contributed by atoms with Crippen LogP contribution in [0.4, 0.5) is 10.3 Å². The maximum Gasteiger partial charge on any atom is 0.222 e. The largest absolute Gasteiger partial charge is 0.366 e. The molecule has 2 aliphatic heterocycles. The Labute approximate surface area is 155 Å². The fourth-order valence-electron chi connectivity index (χ4n) is 2.39. The molecule has 0 saturated carbocycles. The first-order valence-corrected chi connectivity index (χ1v) is 8.48. The maximum absolute atomic E-state index is 12.7. The summed E-state index contributed by atoms with van der Waals surface area (Å²) >= 11 is 0. The van der Waals surface area contributed by atoms with Gasteiger partial charge in [0.15, 0.2) is 5.82 Å². The van der Waals surface area contributed by atoms with E-state index in [9.17, 15) is 4.39 Å². The number of allylic oxidation sites excluding steroid dienone is 1. The Bertz CT molecular complexity index is 796. The van der Waals surface area contributed by atoms with Gasteiger partial charge in [0, 0.05) is 25.5 Å². The number of guanidine groups is 1. The van der Waals surface area contributed by atoms with Gasteiger partial charge in [-0.05, 0) is 11.6 Å². The number of ether oxygens (including phenoxy) is 1. The monoisotopic (exact) mass is 370 g/mol. The van der Waals surface area contributed by atoms with Gasteiger partial charge < -0.3 is 15.4 Å². The summed E-state index contributed by atoms with van der Waals surface area (Å²) in [5.74, 6) is 0.181. The van der Waals surface area contributed by atoms with Crippen molar-refractivity contribution in [2.75, 3.05) is 38.1 Å². The number of halogens is 1. The number of hydrogen-bond acceptors (Lipinski definition) is 9. The number of nitrogens with zero attached hydrogens (tertiary/aromatic N) is 6. The van der Waals surface area contributed by atoms with Crippen LogP contribution in [0.25, 0.3) is 0 Å². The lowest BCUT2D eigenvalue weighted by molar-refractivity contribution is 0.122.